The number of carbonyl (C=O) groups excluding carboxylic acids is 1. The largest absolute Gasteiger partial charge is 0.375 e. The van der Waals surface area contributed by atoms with Gasteiger partial charge in [0.2, 0.25) is 5.91 Å². The summed E-state index contributed by atoms with van der Waals surface area (Å²) in [7, 11) is 1.61. The number of benzene rings is 2. The monoisotopic (exact) mass is 368 g/mol. The molecule has 0 heterocycles. The maximum atomic E-state index is 12.1. The van der Waals surface area contributed by atoms with Crippen LogP contribution in [0.2, 0.25) is 5.02 Å². The average Bonchev–Trinajstić information content (AvgIpc) is 2.57. The number of carbonyl (C=O) groups is 1. The van der Waals surface area contributed by atoms with E-state index < -0.39 is 0 Å². The molecule has 0 aliphatic heterocycles. The Labute approximate surface area is 153 Å². The van der Waals surface area contributed by atoms with Crippen molar-refractivity contribution in [1.29, 1.82) is 0 Å². The third-order valence-electron chi connectivity index (χ3n) is 3.64. The highest BCUT2D eigenvalue weighted by atomic mass is 35.5. The fourth-order valence-corrected chi connectivity index (χ4v) is 2.44. The summed E-state index contributed by atoms with van der Waals surface area (Å²) in [4.78, 5) is 12.1. The number of hydrogen-bond donors (Lipinski definition) is 2. The molecule has 24 heavy (non-hydrogen) atoms. The molecule has 2 unspecified atom stereocenters. The SMILES string of the molecule is COC(CNC(=O)CC(N)c1ccccc1)c1ccc(Cl)cc1.Cl. The van der Waals surface area contributed by atoms with E-state index in [1.54, 1.807) is 19.2 Å². The minimum absolute atomic E-state index is 0. The molecule has 0 aliphatic carbocycles. The van der Waals surface area contributed by atoms with Crippen LogP contribution in [0.1, 0.15) is 29.7 Å². The van der Waals surface area contributed by atoms with E-state index in [-0.39, 0.29) is 36.9 Å². The summed E-state index contributed by atoms with van der Waals surface area (Å²) in [6.45, 7) is 0.387. The zero-order valence-electron chi connectivity index (χ0n) is 13.4. The first-order valence-electron chi connectivity index (χ1n) is 7.45. The summed E-state index contributed by atoms with van der Waals surface area (Å²) < 4.78 is 5.43. The van der Waals surface area contributed by atoms with E-state index in [4.69, 9.17) is 22.1 Å². The van der Waals surface area contributed by atoms with Gasteiger partial charge >= 0.3 is 0 Å². The van der Waals surface area contributed by atoms with E-state index in [1.165, 1.54) is 0 Å². The molecule has 0 saturated carbocycles. The summed E-state index contributed by atoms with van der Waals surface area (Å²) in [5, 5.41) is 3.54. The van der Waals surface area contributed by atoms with Gasteiger partial charge in [0.15, 0.2) is 0 Å². The second-order valence-electron chi connectivity index (χ2n) is 5.30. The summed E-state index contributed by atoms with van der Waals surface area (Å²) in [6.07, 6.45) is 0.0188. The second kappa shape index (κ2) is 10.3. The van der Waals surface area contributed by atoms with Crippen LogP contribution in [0.25, 0.3) is 0 Å². The molecule has 2 aromatic rings. The number of hydrogen-bond acceptors (Lipinski definition) is 3. The molecular formula is C18H22Cl2N2O2. The molecule has 0 fully saturated rings. The van der Waals surface area contributed by atoms with Crippen molar-refractivity contribution in [2.24, 2.45) is 5.73 Å². The summed E-state index contributed by atoms with van der Waals surface area (Å²) in [5.74, 6) is -0.0997. The fourth-order valence-electron chi connectivity index (χ4n) is 2.31. The molecule has 0 aliphatic rings. The molecule has 0 bridgehead atoms. The smallest absolute Gasteiger partial charge is 0.222 e. The predicted octanol–water partition coefficient (Wildman–Crippen LogP) is 3.66. The Morgan fingerprint density at radius 1 is 1.12 bits per heavy atom. The number of halogens is 2. The molecule has 2 atom stereocenters. The minimum atomic E-state index is -0.312. The first-order valence-corrected chi connectivity index (χ1v) is 7.83. The Hall–Kier alpha value is -1.59. The molecule has 0 radical (unpaired) electrons. The second-order valence-corrected chi connectivity index (χ2v) is 5.74. The maximum absolute atomic E-state index is 12.1. The highest BCUT2D eigenvalue weighted by molar-refractivity contribution is 6.30. The standard InChI is InChI=1S/C18H21ClN2O2.ClH/c1-23-17(14-7-9-15(19)10-8-14)12-21-18(22)11-16(20)13-5-3-2-4-6-13;/h2-10,16-17H,11-12,20H2,1H3,(H,21,22);1H. The number of amides is 1. The van der Waals surface area contributed by atoms with Gasteiger partial charge in [0.1, 0.15) is 0 Å². The number of ether oxygens (including phenoxy) is 1. The van der Waals surface area contributed by atoms with Crippen molar-refractivity contribution in [3.8, 4) is 0 Å². The molecule has 4 nitrogen and oxygen atoms in total. The maximum Gasteiger partial charge on any atom is 0.222 e. The van der Waals surface area contributed by atoms with Crippen LogP contribution >= 0.6 is 24.0 Å². The number of nitrogens with one attached hydrogen (secondary N) is 1. The zero-order valence-corrected chi connectivity index (χ0v) is 15.0. The van der Waals surface area contributed by atoms with Crippen molar-refractivity contribution < 1.29 is 9.53 Å². The third-order valence-corrected chi connectivity index (χ3v) is 3.90. The van der Waals surface area contributed by atoms with Crippen LogP contribution in [0.4, 0.5) is 0 Å². The summed E-state index contributed by atoms with van der Waals surface area (Å²) in [5.41, 5.74) is 7.97. The van der Waals surface area contributed by atoms with E-state index in [0.717, 1.165) is 11.1 Å². The van der Waals surface area contributed by atoms with Crippen molar-refractivity contribution in [1.82, 2.24) is 5.32 Å². The lowest BCUT2D eigenvalue weighted by atomic mass is 10.0. The normalized spacial score (nSPS) is 12.8. The van der Waals surface area contributed by atoms with Gasteiger partial charge in [0.05, 0.1) is 6.10 Å². The highest BCUT2D eigenvalue weighted by Gasteiger charge is 2.15. The van der Waals surface area contributed by atoms with E-state index >= 15 is 0 Å². The first kappa shape index (κ1) is 20.5. The topological polar surface area (TPSA) is 64.3 Å². The fraction of sp³-hybridized carbons (Fsp3) is 0.278. The van der Waals surface area contributed by atoms with Crippen LogP contribution in [0.15, 0.2) is 54.6 Å². The van der Waals surface area contributed by atoms with Crippen molar-refractivity contribution in [3.63, 3.8) is 0 Å². The molecule has 2 rings (SSSR count). The van der Waals surface area contributed by atoms with Crippen LogP contribution in [-0.2, 0) is 9.53 Å². The van der Waals surface area contributed by atoms with E-state index in [1.807, 2.05) is 42.5 Å². The highest BCUT2D eigenvalue weighted by Crippen LogP contribution is 2.19. The Bertz CT molecular complexity index is 621. The van der Waals surface area contributed by atoms with Gasteiger partial charge in [0.25, 0.3) is 0 Å². The molecule has 0 aromatic heterocycles. The van der Waals surface area contributed by atoms with E-state index in [9.17, 15) is 4.79 Å². The van der Waals surface area contributed by atoms with Gasteiger partial charge in [-0.25, -0.2) is 0 Å². The van der Waals surface area contributed by atoms with E-state index in [0.29, 0.717) is 11.6 Å². The van der Waals surface area contributed by atoms with Gasteiger partial charge in [-0.3, -0.25) is 4.79 Å². The number of rotatable bonds is 7. The third kappa shape index (κ3) is 6.13. The van der Waals surface area contributed by atoms with E-state index in [2.05, 4.69) is 5.32 Å². The van der Waals surface area contributed by atoms with Crippen LogP contribution < -0.4 is 11.1 Å². The zero-order chi connectivity index (χ0) is 16.7. The van der Waals surface area contributed by atoms with Crippen molar-refractivity contribution in [3.05, 3.63) is 70.7 Å². The number of methoxy groups -OCH3 is 1. The van der Waals surface area contributed by atoms with Crippen LogP contribution in [0.3, 0.4) is 0 Å². The van der Waals surface area contributed by atoms with Gasteiger partial charge in [-0.05, 0) is 23.3 Å². The van der Waals surface area contributed by atoms with Crippen LogP contribution in [0, 0.1) is 0 Å². The molecular weight excluding hydrogens is 347 g/mol. The molecule has 6 heteroatoms. The lowest BCUT2D eigenvalue weighted by molar-refractivity contribution is -0.122. The summed E-state index contributed by atoms with van der Waals surface area (Å²) in [6, 6.07) is 16.7. The Balaban J connectivity index is 0.00000288. The van der Waals surface area contributed by atoms with Crippen LogP contribution in [0.5, 0.6) is 0 Å². The Morgan fingerprint density at radius 3 is 2.33 bits per heavy atom. The van der Waals surface area contributed by atoms with Gasteiger partial charge in [-0.15, -0.1) is 12.4 Å². The Kier molecular flexibility index (Phi) is 8.79. The minimum Gasteiger partial charge on any atom is -0.375 e. The van der Waals surface area contributed by atoms with Crippen LogP contribution in [-0.4, -0.2) is 19.6 Å². The lowest BCUT2D eigenvalue weighted by Gasteiger charge is -2.18. The van der Waals surface area contributed by atoms with Gasteiger partial charge in [-0.2, -0.15) is 0 Å². The summed E-state index contributed by atoms with van der Waals surface area (Å²) >= 11 is 5.88. The molecule has 130 valence electrons. The molecule has 0 spiro atoms. The first-order chi connectivity index (χ1) is 11.1. The molecule has 1 amide bonds. The van der Waals surface area contributed by atoms with Gasteiger partial charge in [0, 0.05) is 31.1 Å². The van der Waals surface area contributed by atoms with Gasteiger partial charge < -0.3 is 15.8 Å². The average molecular weight is 369 g/mol. The van der Waals surface area contributed by atoms with Gasteiger partial charge in [-0.1, -0.05) is 54.1 Å². The molecule has 0 saturated heterocycles. The lowest BCUT2D eigenvalue weighted by Crippen LogP contribution is -2.31. The number of nitrogens with two attached hydrogens (primary N) is 1. The van der Waals surface area contributed by atoms with Crippen molar-refractivity contribution >= 4 is 29.9 Å². The Morgan fingerprint density at radius 2 is 1.75 bits per heavy atom. The predicted molar refractivity (Wildman–Crippen MR) is 99.4 cm³/mol. The van der Waals surface area contributed by atoms with Crippen molar-refractivity contribution in [2.45, 2.75) is 18.6 Å². The van der Waals surface area contributed by atoms with Crippen molar-refractivity contribution in [2.75, 3.05) is 13.7 Å². The molecule has 2 aromatic carbocycles. The molecule has 3 N–H and O–H groups in total. The quantitative estimate of drug-likeness (QED) is 0.783.